The Morgan fingerprint density at radius 1 is 1.17 bits per heavy atom. The number of hydrogen-bond acceptors (Lipinski definition) is 1. The number of nitrogens with zero attached hydrogens (tertiary/aromatic N) is 1. The normalized spacial score (nSPS) is 20.5. The second-order valence-electron chi connectivity index (χ2n) is 3.63. The molecule has 0 unspecified atom stereocenters. The highest BCUT2D eigenvalue weighted by Gasteiger charge is 2.31. The Kier molecular flexibility index (Phi) is 1.17. The molecule has 0 amide bonds. The fourth-order valence-corrected chi connectivity index (χ4v) is 1.87. The van der Waals surface area contributed by atoms with Crippen molar-refractivity contribution < 1.29 is 0 Å². The van der Waals surface area contributed by atoms with Crippen LogP contribution >= 0.6 is 0 Å². The summed E-state index contributed by atoms with van der Waals surface area (Å²) in [5, 5.41) is 0. The molecule has 0 saturated heterocycles. The topological polar surface area (TPSA) is 12.4 Å². The summed E-state index contributed by atoms with van der Waals surface area (Å²) in [6.45, 7) is 0.919. The molecule has 0 atom stereocenters. The minimum atomic E-state index is 0.800. The van der Waals surface area contributed by atoms with Crippen molar-refractivity contribution in [3.63, 3.8) is 0 Å². The second kappa shape index (κ2) is 2.19. The molecule has 1 aromatic carbocycles. The smallest absolute Gasteiger partial charge is 0.0649 e. The van der Waals surface area contributed by atoms with E-state index in [1.54, 1.807) is 0 Å². The Morgan fingerprint density at radius 2 is 2.00 bits per heavy atom. The number of benzene rings is 1. The van der Waals surface area contributed by atoms with Gasteiger partial charge in [0, 0.05) is 17.2 Å². The van der Waals surface area contributed by atoms with Gasteiger partial charge in [-0.15, -0.1) is 0 Å². The Hall–Kier alpha value is -1.11. The molecule has 0 spiro atoms. The van der Waals surface area contributed by atoms with Gasteiger partial charge in [-0.1, -0.05) is 24.3 Å². The van der Waals surface area contributed by atoms with Crippen molar-refractivity contribution >= 4 is 5.71 Å². The molecule has 60 valence electrons. The van der Waals surface area contributed by atoms with E-state index in [0.29, 0.717) is 0 Å². The molecule has 1 aromatic rings. The maximum absolute atomic E-state index is 4.58. The lowest BCUT2D eigenvalue weighted by molar-refractivity contribution is 1.09. The third-order valence-electron chi connectivity index (χ3n) is 2.68. The highest BCUT2D eigenvalue weighted by molar-refractivity contribution is 6.06. The first kappa shape index (κ1) is 6.41. The summed E-state index contributed by atoms with van der Waals surface area (Å²) in [6, 6.07) is 8.61. The van der Waals surface area contributed by atoms with Crippen LogP contribution in [0.25, 0.3) is 0 Å². The molecule has 2 aliphatic rings. The second-order valence-corrected chi connectivity index (χ2v) is 3.63. The highest BCUT2D eigenvalue weighted by Crippen LogP contribution is 2.36. The third-order valence-corrected chi connectivity index (χ3v) is 2.68. The average Bonchev–Trinajstić information content (AvgIpc) is 2.86. The van der Waals surface area contributed by atoms with Gasteiger partial charge in [0.15, 0.2) is 0 Å². The predicted octanol–water partition coefficient (Wildman–Crippen LogP) is 2.40. The number of hydrogen-bond donors (Lipinski definition) is 0. The maximum atomic E-state index is 4.58. The monoisotopic (exact) mass is 157 g/mol. The summed E-state index contributed by atoms with van der Waals surface area (Å²) in [7, 11) is 0. The van der Waals surface area contributed by atoms with Crippen molar-refractivity contribution in [3.05, 3.63) is 35.4 Å². The van der Waals surface area contributed by atoms with Gasteiger partial charge in [0.2, 0.25) is 0 Å². The van der Waals surface area contributed by atoms with Crippen molar-refractivity contribution in [1.82, 2.24) is 0 Å². The van der Waals surface area contributed by atoms with Gasteiger partial charge in [-0.3, -0.25) is 4.99 Å². The lowest BCUT2D eigenvalue weighted by atomic mass is 10.0. The van der Waals surface area contributed by atoms with Crippen LogP contribution in [-0.2, 0) is 6.54 Å². The molecule has 1 aliphatic carbocycles. The summed E-state index contributed by atoms with van der Waals surface area (Å²) >= 11 is 0. The first-order chi connectivity index (χ1) is 5.95. The average molecular weight is 157 g/mol. The zero-order valence-corrected chi connectivity index (χ0v) is 6.96. The number of aliphatic imine (C=N–C) groups is 1. The van der Waals surface area contributed by atoms with Gasteiger partial charge < -0.3 is 0 Å². The van der Waals surface area contributed by atoms with Crippen LogP contribution < -0.4 is 0 Å². The number of fused-ring (bicyclic) bond motifs is 1. The van der Waals surface area contributed by atoms with Gasteiger partial charge in [-0.05, 0) is 18.4 Å². The summed E-state index contributed by atoms with van der Waals surface area (Å²) in [5.74, 6) is 0.800. The summed E-state index contributed by atoms with van der Waals surface area (Å²) in [6.07, 6.45) is 2.71. The number of rotatable bonds is 1. The highest BCUT2D eigenvalue weighted by atomic mass is 14.8. The molecule has 0 bridgehead atoms. The fraction of sp³-hybridized carbons (Fsp3) is 0.364. The van der Waals surface area contributed by atoms with Crippen LogP contribution in [0.15, 0.2) is 29.3 Å². The van der Waals surface area contributed by atoms with Gasteiger partial charge in [0.05, 0.1) is 6.54 Å². The maximum Gasteiger partial charge on any atom is 0.0649 e. The first-order valence-corrected chi connectivity index (χ1v) is 4.58. The van der Waals surface area contributed by atoms with Gasteiger partial charge in [-0.2, -0.15) is 0 Å². The van der Waals surface area contributed by atoms with Gasteiger partial charge in [-0.25, -0.2) is 0 Å². The van der Waals surface area contributed by atoms with Crippen molar-refractivity contribution in [2.75, 3.05) is 0 Å². The van der Waals surface area contributed by atoms with Gasteiger partial charge in [0.1, 0.15) is 0 Å². The van der Waals surface area contributed by atoms with Gasteiger partial charge >= 0.3 is 0 Å². The van der Waals surface area contributed by atoms with Gasteiger partial charge in [0.25, 0.3) is 0 Å². The zero-order valence-electron chi connectivity index (χ0n) is 6.96. The van der Waals surface area contributed by atoms with E-state index in [4.69, 9.17) is 0 Å². The standard InChI is InChI=1S/C11H11N/c1-2-4-10-9(3-1)7-12-11(10)8-5-6-8/h1-4,8H,5-7H2. The molecule has 12 heavy (non-hydrogen) atoms. The minimum absolute atomic E-state index is 0.800. The molecule has 0 N–H and O–H groups in total. The van der Waals surface area contributed by atoms with Crippen molar-refractivity contribution in [1.29, 1.82) is 0 Å². The van der Waals surface area contributed by atoms with Crippen LogP contribution in [0.1, 0.15) is 24.0 Å². The fourth-order valence-electron chi connectivity index (χ4n) is 1.87. The van der Waals surface area contributed by atoms with Crippen LogP contribution in [0, 0.1) is 5.92 Å². The molecule has 1 aliphatic heterocycles. The van der Waals surface area contributed by atoms with E-state index < -0.39 is 0 Å². The zero-order chi connectivity index (χ0) is 7.97. The van der Waals surface area contributed by atoms with E-state index in [9.17, 15) is 0 Å². The van der Waals surface area contributed by atoms with Crippen molar-refractivity contribution in [2.45, 2.75) is 19.4 Å². The lowest BCUT2D eigenvalue weighted by Gasteiger charge is -1.99. The predicted molar refractivity (Wildman–Crippen MR) is 49.4 cm³/mol. The van der Waals surface area contributed by atoms with Crippen molar-refractivity contribution in [3.8, 4) is 0 Å². The first-order valence-electron chi connectivity index (χ1n) is 4.58. The summed E-state index contributed by atoms with van der Waals surface area (Å²) in [4.78, 5) is 4.58. The Morgan fingerprint density at radius 3 is 2.83 bits per heavy atom. The molecule has 1 nitrogen and oxygen atoms in total. The van der Waals surface area contributed by atoms with Crippen LogP contribution in [0.4, 0.5) is 0 Å². The quantitative estimate of drug-likeness (QED) is 0.593. The molecule has 0 radical (unpaired) electrons. The van der Waals surface area contributed by atoms with Crippen LogP contribution in [0.3, 0.4) is 0 Å². The molecule has 1 fully saturated rings. The van der Waals surface area contributed by atoms with Crippen LogP contribution in [0.2, 0.25) is 0 Å². The SMILES string of the molecule is c1ccc2c(c1)CN=C2C1CC1. The molecule has 1 heteroatoms. The largest absolute Gasteiger partial charge is 0.284 e. The molecular weight excluding hydrogens is 146 g/mol. The Labute approximate surface area is 72.1 Å². The van der Waals surface area contributed by atoms with E-state index >= 15 is 0 Å². The molecule has 3 rings (SSSR count). The Balaban J connectivity index is 2.08. The van der Waals surface area contributed by atoms with E-state index in [-0.39, 0.29) is 0 Å². The minimum Gasteiger partial charge on any atom is -0.284 e. The summed E-state index contributed by atoms with van der Waals surface area (Å²) < 4.78 is 0. The lowest BCUT2D eigenvalue weighted by Crippen LogP contribution is -1.99. The van der Waals surface area contributed by atoms with E-state index in [0.717, 1.165) is 12.5 Å². The van der Waals surface area contributed by atoms with Crippen LogP contribution in [-0.4, -0.2) is 5.71 Å². The van der Waals surface area contributed by atoms with E-state index in [1.807, 2.05) is 0 Å². The van der Waals surface area contributed by atoms with E-state index in [2.05, 4.69) is 29.3 Å². The molecule has 1 heterocycles. The van der Waals surface area contributed by atoms with E-state index in [1.165, 1.54) is 29.7 Å². The third kappa shape index (κ3) is 0.826. The Bertz CT molecular complexity index is 348. The molecule has 1 saturated carbocycles. The molecule has 0 aromatic heterocycles. The van der Waals surface area contributed by atoms with Crippen molar-refractivity contribution in [2.24, 2.45) is 10.9 Å². The molecular formula is C11H11N. The van der Waals surface area contributed by atoms with Crippen LogP contribution in [0.5, 0.6) is 0 Å². The summed E-state index contributed by atoms with van der Waals surface area (Å²) in [5.41, 5.74) is 4.21.